The first-order chi connectivity index (χ1) is 16.6. The first-order valence-electron chi connectivity index (χ1n) is 12.0. The molecule has 2 amide bonds. The highest BCUT2D eigenvalue weighted by Gasteiger charge is 2.33. The van der Waals surface area contributed by atoms with Crippen molar-refractivity contribution >= 4 is 39.1 Å². The van der Waals surface area contributed by atoms with Gasteiger partial charge in [-0.05, 0) is 49.4 Å². The zero-order valence-electron chi connectivity index (χ0n) is 20.5. The van der Waals surface area contributed by atoms with Crippen molar-refractivity contribution in [2.24, 2.45) is 0 Å². The van der Waals surface area contributed by atoms with Crippen LogP contribution in [-0.2, 0) is 26.2 Å². The molecule has 190 valence electrons. The molecule has 0 heterocycles. The average Bonchev–Trinajstić information content (AvgIpc) is 3.32. The number of halogens is 1. The van der Waals surface area contributed by atoms with Crippen molar-refractivity contribution in [1.82, 2.24) is 10.2 Å². The molecule has 2 aromatic rings. The molecular weight excluding hydrogens is 486 g/mol. The van der Waals surface area contributed by atoms with Crippen LogP contribution in [-0.4, -0.2) is 50.0 Å². The van der Waals surface area contributed by atoms with E-state index < -0.39 is 28.5 Å². The second-order valence-electron chi connectivity index (χ2n) is 9.12. The lowest BCUT2D eigenvalue weighted by Gasteiger charge is -2.33. The molecule has 0 aliphatic heterocycles. The molecule has 1 aliphatic carbocycles. The molecule has 0 aromatic heterocycles. The lowest BCUT2D eigenvalue weighted by molar-refractivity contribution is -0.140. The van der Waals surface area contributed by atoms with Gasteiger partial charge in [-0.15, -0.1) is 0 Å². The van der Waals surface area contributed by atoms with Crippen molar-refractivity contribution in [2.45, 2.75) is 64.6 Å². The number of benzene rings is 2. The lowest BCUT2D eigenvalue weighted by atomic mass is 10.1. The molecule has 0 spiro atoms. The van der Waals surface area contributed by atoms with Gasteiger partial charge in [-0.1, -0.05) is 67.8 Å². The van der Waals surface area contributed by atoms with Crippen molar-refractivity contribution in [2.75, 3.05) is 17.1 Å². The van der Waals surface area contributed by atoms with Gasteiger partial charge in [0.25, 0.3) is 0 Å². The summed E-state index contributed by atoms with van der Waals surface area (Å²) >= 11 is 6.14. The number of carbonyl (C=O) groups is 2. The Morgan fingerprint density at radius 2 is 1.77 bits per heavy atom. The van der Waals surface area contributed by atoms with Crippen molar-refractivity contribution in [3.63, 3.8) is 0 Å². The molecule has 1 fully saturated rings. The van der Waals surface area contributed by atoms with E-state index in [1.807, 2.05) is 37.3 Å². The number of aryl methyl sites for hydroxylation is 1. The minimum atomic E-state index is -3.80. The summed E-state index contributed by atoms with van der Waals surface area (Å²) < 4.78 is 26.6. The number of sulfonamides is 1. The van der Waals surface area contributed by atoms with E-state index in [0.717, 1.165) is 41.8 Å². The number of hydrogen-bond donors (Lipinski definition) is 1. The molecule has 1 aliphatic rings. The molecule has 0 unspecified atom stereocenters. The van der Waals surface area contributed by atoms with Gasteiger partial charge in [0.2, 0.25) is 21.8 Å². The van der Waals surface area contributed by atoms with Gasteiger partial charge in [-0.3, -0.25) is 13.9 Å². The maximum Gasteiger partial charge on any atom is 0.244 e. The predicted octanol–water partition coefficient (Wildman–Crippen LogP) is 4.28. The Balaban J connectivity index is 1.93. The fraction of sp³-hybridized carbons (Fsp3) is 0.462. The zero-order valence-corrected chi connectivity index (χ0v) is 22.1. The number of anilines is 1. The van der Waals surface area contributed by atoms with E-state index in [2.05, 4.69) is 5.32 Å². The van der Waals surface area contributed by atoms with E-state index >= 15 is 0 Å². The van der Waals surface area contributed by atoms with E-state index in [4.69, 9.17) is 11.6 Å². The Bertz CT molecular complexity index is 1130. The summed E-state index contributed by atoms with van der Waals surface area (Å²) in [5, 5.41) is 3.47. The summed E-state index contributed by atoms with van der Waals surface area (Å²) in [7, 11) is -3.80. The van der Waals surface area contributed by atoms with Gasteiger partial charge in [-0.2, -0.15) is 0 Å². The number of nitrogens with zero attached hydrogens (tertiary/aromatic N) is 2. The lowest BCUT2D eigenvalue weighted by Crippen LogP contribution is -2.53. The molecule has 0 radical (unpaired) electrons. The summed E-state index contributed by atoms with van der Waals surface area (Å²) in [6.45, 7) is 3.39. The largest absolute Gasteiger partial charge is 0.352 e. The Labute approximate surface area is 213 Å². The number of rotatable bonds is 10. The summed E-state index contributed by atoms with van der Waals surface area (Å²) in [6.07, 6.45) is 5.50. The molecule has 2 aromatic carbocycles. The summed E-state index contributed by atoms with van der Waals surface area (Å²) in [4.78, 5) is 28.5. The van der Waals surface area contributed by atoms with Crippen LogP contribution >= 0.6 is 11.6 Å². The van der Waals surface area contributed by atoms with E-state index in [0.29, 0.717) is 22.7 Å². The van der Waals surface area contributed by atoms with Gasteiger partial charge in [0, 0.05) is 17.6 Å². The molecule has 1 N–H and O–H groups in total. The Morgan fingerprint density at radius 1 is 1.11 bits per heavy atom. The van der Waals surface area contributed by atoms with Crippen LogP contribution in [0.5, 0.6) is 0 Å². The molecule has 7 nitrogen and oxygen atoms in total. The molecule has 1 saturated carbocycles. The third-order valence-electron chi connectivity index (χ3n) is 6.40. The topological polar surface area (TPSA) is 86.8 Å². The molecule has 0 bridgehead atoms. The van der Waals surface area contributed by atoms with Crippen LogP contribution in [0.1, 0.15) is 50.2 Å². The van der Waals surface area contributed by atoms with Crippen LogP contribution < -0.4 is 9.62 Å². The monoisotopic (exact) mass is 519 g/mol. The van der Waals surface area contributed by atoms with Gasteiger partial charge in [0.1, 0.15) is 12.6 Å². The van der Waals surface area contributed by atoms with Gasteiger partial charge in [-0.25, -0.2) is 8.42 Å². The number of nitrogens with one attached hydrogen (secondary N) is 1. The van der Waals surface area contributed by atoms with E-state index in [1.165, 1.54) is 11.0 Å². The van der Waals surface area contributed by atoms with Gasteiger partial charge in [0.05, 0.1) is 11.9 Å². The van der Waals surface area contributed by atoms with Gasteiger partial charge in [0.15, 0.2) is 0 Å². The van der Waals surface area contributed by atoms with E-state index in [9.17, 15) is 18.0 Å². The minimum absolute atomic E-state index is 0.117. The van der Waals surface area contributed by atoms with E-state index in [1.54, 1.807) is 19.1 Å². The van der Waals surface area contributed by atoms with Crippen molar-refractivity contribution in [3.8, 4) is 0 Å². The van der Waals surface area contributed by atoms with Gasteiger partial charge >= 0.3 is 0 Å². The van der Waals surface area contributed by atoms with Crippen LogP contribution in [0.3, 0.4) is 0 Å². The highest BCUT2D eigenvalue weighted by molar-refractivity contribution is 7.92. The van der Waals surface area contributed by atoms with E-state index in [-0.39, 0.29) is 18.5 Å². The average molecular weight is 520 g/mol. The molecular formula is C26H34ClN3O4S. The third kappa shape index (κ3) is 7.21. The first-order valence-corrected chi connectivity index (χ1v) is 14.2. The van der Waals surface area contributed by atoms with Crippen molar-refractivity contribution < 1.29 is 18.0 Å². The van der Waals surface area contributed by atoms with Crippen LogP contribution in [0.15, 0.2) is 48.5 Å². The van der Waals surface area contributed by atoms with Crippen LogP contribution in [0.25, 0.3) is 0 Å². The Kier molecular flexibility index (Phi) is 9.19. The predicted molar refractivity (Wildman–Crippen MR) is 140 cm³/mol. The summed E-state index contributed by atoms with van der Waals surface area (Å²) in [5.41, 5.74) is 1.88. The number of amides is 2. The zero-order chi connectivity index (χ0) is 25.6. The Morgan fingerprint density at radius 3 is 2.37 bits per heavy atom. The maximum atomic E-state index is 13.7. The number of hydrogen-bond acceptors (Lipinski definition) is 4. The first kappa shape index (κ1) is 27.0. The fourth-order valence-corrected chi connectivity index (χ4v) is 5.58. The third-order valence-corrected chi connectivity index (χ3v) is 7.76. The minimum Gasteiger partial charge on any atom is -0.352 e. The molecule has 9 heteroatoms. The SMILES string of the molecule is CC[C@H](C(=O)NC1CCCC1)N(Cc1ccccc1)C(=O)CN(c1cc(Cl)ccc1C)S(C)(=O)=O. The normalized spacial score (nSPS) is 15.0. The number of carbonyl (C=O) groups excluding carboxylic acids is 2. The second kappa shape index (κ2) is 11.9. The van der Waals surface area contributed by atoms with Crippen LogP contribution in [0.2, 0.25) is 5.02 Å². The fourth-order valence-electron chi connectivity index (χ4n) is 4.51. The van der Waals surface area contributed by atoms with Crippen molar-refractivity contribution in [3.05, 3.63) is 64.7 Å². The molecule has 35 heavy (non-hydrogen) atoms. The standard InChI is InChI=1S/C26H34ClN3O4S/c1-4-23(26(32)28-22-12-8-9-13-22)29(17-20-10-6-5-7-11-20)25(31)18-30(35(3,33)34)24-16-21(27)15-14-19(24)2/h5-7,10-11,14-16,22-23H,4,8-9,12-13,17-18H2,1-3H3,(H,28,32)/t23-/m1/s1. The summed E-state index contributed by atoms with van der Waals surface area (Å²) in [6, 6.07) is 13.7. The summed E-state index contributed by atoms with van der Waals surface area (Å²) in [5.74, 6) is -0.652. The highest BCUT2D eigenvalue weighted by atomic mass is 35.5. The second-order valence-corrected chi connectivity index (χ2v) is 11.5. The van der Waals surface area contributed by atoms with Gasteiger partial charge < -0.3 is 10.2 Å². The van der Waals surface area contributed by atoms with Crippen LogP contribution in [0.4, 0.5) is 5.69 Å². The molecule has 1 atom stereocenters. The maximum absolute atomic E-state index is 13.7. The van der Waals surface area contributed by atoms with Crippen molar-refractivity contribution in [1.29, 1.82) is 0 Å². The molecule has 0 saturated heterocycles. The Hall–Kier alpha value is -2.58. The quantitative estimate of drug-likeness (QED) is 0.507. The van der Waals surface area contributed by atoms with Crippen LogP contribution in [0, 0.1) is 6.92 Å². The highest BCUT2D eigenvalue weighted by Crippen LogP contribution is 2.27. The smallest absolute Gasteiger partial charge is 0.244 e. The molecule has 3 rings (SSSR count).